The van der Waals surface area contributed by atoms with Crippen LogP contribution in [0.2, 0.25) is 0 Å². The summed E-state index contributed by atoms with van der Waals surface area (Å²) in [5.41, 5.74) is 2.69. The molecule has 0 atom stereocenters. The molecule has 0 unspecified atom stereocenters. The van der Waals surface area contributed by atoms with Gasteiger partial charge in [-0.15, -0.1) is 0 Å². The molecule has 0 saturated heterocycles. The fraction of sp³-hybridized carbons (Fsp3) is 0.188. The third-order valence-electron chi connectivity index (χ3n) is 2.98. The van der Waals surface area contributed by atoms with E-state index in [0.29, 0.717) is 12.0 Å². The zero-order chi connectivity index (χ0) is 13.7. The van der Waals surface area contributed by atoms with Gasteiger partial charge in [0.15, 0.2) is 0 Å². The lowest BCUT2D eigenvalue weighted by molar-refractivity contribution is 0.0599. The van der Waals surface area contributed by atoms with Crippen LogP contribution in [0.4, 0.5) is 0 Å². The minimum atomic E-state index is -0.302. The molecule has 0 fully saturated rings. The normalized spacial score (nSPS) is 10.0. The lowest BCUT2D eigenvalue weighted by Crippen LogP contribution is -2.05. The quantitative estimate of drug-likeness (QED) is 0.789. The Bertz CT molecular complexity index is 558. The maximum absolute atomic E-state index is 11.7. The van der Waals surface area contributed by atoms with E-state index in [0.717, 1.165) is 16.9 Å². The largest absolute Gasteiger partial charge is 0.497 e. The van der Waals surface area contributed by atoms with Gasteiger partial charge in [-0.25, -0.2) is 4.79 Å². The topological polar surface area (TPSA) is 35.5 Å². The van der Waals surface area contributed by atoms with E-state index in [9.17, 15) is 4.79 Å². The van der Waals surface area contributed by atoms with Crippen LogP contribution in [0.3, 0.4) is 0 Å². The molecule has 0 aromatic heterocycles. The number of hydrogen-bond acceptors (Lipinski definition) is 3. The minimum absolute atomic E-state index is 0.302. The van der Waals surface area contributed by atoms with Gasteiger partial charge in [0.05, 0.1) is 19.8 Å². The van der Waals surface area contributed by atoms with Crippen molar-refractivity contribution in [3.8, 4) is 5.75 Å². The average molecular weight is 256 g/mol. The molecule has 0 saturated carbocycles. The van der Waals surface area contributed by atoms with Crippen LogP contribution in [0.1, 0.15) is 21.5 Å². The molecule has 0 bridgehead atoms. The summed E-state index contributed by atoms with van der Waals surface area (Å²) in [5.74, 6) is 0.522. The molecule has 3 nitrogen and oxygen atoms in total. The van der Waals surface area contributed by atoms with E-state index < -0.39 is 0 Å². The van der Waals surface area contributed by atoms with Gasteiger partial charge in [0, 0.05) is 0 Å². The predicted molar refractivity (Wildman–Crippen MR) is 73.6 cm³/mol. The predicted octanol–water partition coefficient (Wildman–Crippen LogP) is 3.07. The number of benzene rings is 2. The number of carbonyl (C=O) groups excluding carboxylic acids is 1. The first-order valence-corrected chi connectivity index (χ1v) is 6.03. The fourth-order valence-electron chi connectivity index (χ4n) is 1.95. The molecule has 0 amide bonds. The monoisotopic (exact) mass is 256 g/mol. The molecular formula is C16H16O3. The van der Waals surface area contributed by atoms with E-state index in [1.165, 1.54) is 7.11 Å². The molecule has 0 radical (unpaired) electrons. The fourth-order valence-corrected chi connectivity index (χ4v) is 1.95. The maximum atomic E-state index is 11.7. The number of ether oxygens (including phenoxy) is 2. The second-order valence-corrected chi connectivity index (χ2v) is 4.17. The molecule has 0 heterocycles. The highest BCUT2D eigenvalue weighted by Gasteiger charge is 2.11. The van der Waals surface area contributed by atoms with Crippen LogP contribution in [-0.4, -0.2) is 20.2 Å². The highest BCUT2D eigenvalue weighted by Crippen LogP contribution is 2.18. The average Bonchev–Trinajstić information content (AvgIpc) is 2.48. The van der Waals surface area contributed by atoms with Crippen molar-refractivity contribution in [2.75, 3.05) is 14.2 Å². The molecule has 0 aliphatic rings. The molecule has 0 aliphatic carbocycles. The van der Waals surface area contributed by atoms with Crippen molar-refractivity contribution in [2.24, 2.45) is 0 Å². The zero-order valence-electron chi connectivity index (χ0n) is 11.1. The van der Waals surface area contributed by atoms with E-state index in [-0.39, 0.29) is 5.97 Å². The number of methoxy groups -OCH3 is 2. The molecule has 2 aromatic rings. The summed E-state index contributed by atoms with van der Waals surface area (Å²) in [4.78, 5) is 11.7. The van der Waals surface area contributed by atoms with Crippen LogP contribution in [-0.2, 0) is 11.2 Å². The third-order valence-corrected chi connectivity index (χ3v) is 2.98. The first-order valence-electron chi connectivity index (χ1n) is 6.03. The van der Waals surface area contributed by atoms with Crippen LogP contribution in [0.15, 0.2) is 48.5 Å². The van der Waals surface area contributed by atoms with Gasteiger partial charge in [0.2, 0.25) is 0 Å². The summed E-state index contributed by atoms with van der Waals surface area (Å²) in [6.45, 7) is 0. The molecule has 2 aromatic carbocycles. The van der Waals surface area contributed by atoms with Crippen molar-refractivity contribution in [2.45, 2.75) is 6.42 Å². The summed E-state index contributed by atoms with van der Waals surface area (Å²) in [6, 6.07) is 15.3. The van der Waals surface area contributed by atoms with Gasteiger partial charge in [-0.2, -0.15) is 0 Å². The molecule has 19 heavy (non-hydrogen) atoms. The number of rotatable bonds is 4. The molecule has 2 rings (SSSR count). The smallest absolute Gasteiger partial charge is 0.338 e. The second kappa shape index (κ2) is 6.05. The van der Waals surface area contributed by atoms with Gasteiger partial charge in [-0.1, -0.05) is 30.3 Å². The molecule has 0 aliphatic heterocycles. The first kappa shape index (κ1) is 13.1. The SMILES string of the molecule is COC(=O)c1ccccc1Cc1ccc(OC)cc1. The van der Waals surface area contributed by atoms with Crippen molar-refractivity contribution in [1.29, 1.82) is 0 Å². The highest BCUT2D eigenvalue weighted by atomic mass is 16.5. The third kappa shape index (κ3) is 3.13. The van der Waals surface area contributed by atoms with E-state index in [1.807, 2.05) is 42.5 Å². The Labute approximate surface area is 112 Å². The Hall–Kier alpha value is -2.29. The van der Waals surface area contributed by atoms with Crippen molar-refractivity contribution >= 4 is 5.97 Å². The zero-order valence-corrected chi connectivity index (χ0v) is 11.1. The highest BCUT2D eigenvalue weighted by molar-refractivity contribution is 5.91. The summed E-state index contributed by atoms with van der Waals surface area (Å²) < 4.78 is 9.92. The van der Waals surface area contributed by atoms with Crippen LogP contribution in [0.5, 0.6) is 5.75 Å². The second-order valence-electron chi connectivity index (χ2n) is 4.17. The van der Waals surface area contributed by atoms with Crippen LogP contribution in [0.25, 0.3) is 0 Å². The van der Waals surface area contributed by atoms with Gasteiger partial charge in [-0.3, -0.25) is 0 Å². The molecule has 0 N–H and O–H groups in total. The summed E-state index contributed by atoms with van der Waals surface area (Å²) in [6.07, 6.45) is 0.690. The van der Waals surface area contributed by atoms with Crippen LogP contribution >= 0.6 is 0 Å². The van der Waals surface area contributed by atoms with E-state index in [2.05, 4.69) is 0 Å². The number of hydrogen-bond donors (Lipinski definition) is 0. The van der Waals surface area contributed by atoms with Crippen LogP contribution in [0, 0.1) is 0 Å². The molecule has 3 heteroatoms. The molecule has 0 spiro atoms. The van der Waals surface area contributed by atoms with Crippen molar-refractivity contribution in [3.63, 3.8) is 0 Å². The van der Waals surface area contributed by atoms with Gasteiger partial charge in [0.25, 0.3) is 0 Å². The lowest BCUT2D eigenvalue weighted by atomic mass is 10.00. The van der Waals surface area contributed by atoms with E-state index in [1.54, 1.807) is 13.2 Å². The minimum Gasteiger partial charge on any atom is -0.497 e. The van der Waals surface area contributed by atoms with Gasteiger partial charge < -0.3 is 9.47 Å². The maximum Gasteiger partial charge on any atom is 0.338 e. The van der Waals surface area contributed by atoms with Crippen LogP contribution < -0.4 is 4.74 Å². The van der Waals surface area contributed by atoms with Gasteiger partial charge in [0.1, 0.15) is 5.75 Å². The van der Waals surface area contributed by atoms with E-state index >= 15 is 0 Å². The number of carbonyl (C=O) groups is 1. The Morgan fingerprint density at radius 3 is 2.32 bits per heavy atom. The van der Waals surface area contributed by atoms with Gasteiger partial charge in [-0.05, 0) is 35.7 Å². The number of esters is 1. The Morgan fingerprint density at radius 2 is 1.68 bits per heavy atom. The van der Waals surface area contributed by atoms with Crippen molar-refractivity contribution in [3.05, 3.63) is 65.2 Å². The standard InChI is InChI=1S/C16H16O3/c1-18-14-9-7-12(8-10-14)11-13-5-3-4-6-15(13)16(17)19-2/h3-10H,11H2,1-2H3. The van der Waals surface area contributed by atoms with Crippen molar-refractivity contribution in [1.82, 2.24) is 0 Å². The summed E-state index contributed by atoms with van der Waals surface area (Å²) in [7, 11) is 3.04. The first-order chi connectivity index (χ1) is 9.24. The summed E-state index contributed by atoms with van der Waals surface area (Å²) >= 11 is 0. The Balaban J connectivity index is 2.25. The molecule has 98 valence electrons. The van der Waals surface area contributed by atoms with Crippen molar-refractivity contribution < 1.29 is 14.3 Å². The lowest BCUT2D eigenvalue weighted by Gasteiger charge is -2.08. The Morgan fingerprint density at radius 1 is 1.00 bits per heavy atom. The summed E-state index contributed by atoms with van der Waals surface area (Å²) in [5, 5.41) is 0. The Kier molecular flexibility index (Phi) is 4.18. The van der Waals surface area contributed by atoms with Gasteiger partial charge >= 0.3 is 5.97 Å². The molecular weight excluding hydrogens is 240 g/mol. The van der Waals surface area contributed by atoms with E-state index in [4.69, 9.17) is 9.47 Å².